The number of hydrogen-bond donors (Lipinski definition) is 1. The Labute approximate surface area is 123 Å². The van der Waals surface area contributed by atoms with Gasteiger partial charge in [-0.2, -0.15) is 5.10 Å². The largest absolute Gasteiger partial charge is 0.383 e. The molecule has 0 saturated heterocycles. The molecule has 0 saturated carbocycles. The summed E-state index contributed by atoms with van der Waals surface area (Å²) in [5, 5.41) is 8.32. The van der Waals surface area contributed by atoms with Crippen LogP contribution in [0.1, 0.15) is 24.2 Å². The lowest BCUT2D eigenvalue weighted by molar-refractivity contribution is 0.182. The lowest BCUT2D eigenvalue weighted by atomic mass is 10.1. The van der Waals surface area contributed by atoms with Gasteiger partial charge in [0.05, 0.1) is 36.1 Å². The molecular weight excluding hydrogens is 278 g/mol. The average Bonchev–Trinajstić information content (AvgIpc) is 2.84. The Morgan fingerprint density at radius 1 is 1.35 bits per heavy atom. The predicted molar refractivity (Wildman–Crippen MR) is 76.7 cm³/mol. The topological polar surface area (TPSA) is 64.9 Å². The number of rotatable bonds is 7. The molecule has 0 aliphatic heterocycles. The van der Waals surface area contributed by atoms with Crippen LogP contribution in [0.15, 0.2) is 24.9 Å². The number of ether oxygens (including phenoxy) is 1. The third kappa shape index (κ3) is 3.33. The maximum absolute atomic E-state index is 6.30. The van der Waals surface area contributed by atoms with Gasteiger partial charge in [-0.1, -0.05) is 18.5 Å². The third-order valence-corrected chi connectivity index (χ3v) is 3.23. The van der Waals surface area contributed by atoms with Gasteiger partial charge < -0.3 is 10.1 Å². The van der Waals surface area contributed by atoms with Crippen molar-refractivity contribution in [1.82, 2.24) is 25.1 Å². The Morgan fingerprint density at radius 2 is 2.10 bits per heavy atom. The molecule has 0 fully saturated rings. The minimum absolute atomic E-state index is 0.0898. The van der Waals surface area contributed by atoms with E-state index in [1.807, 2.05) is 11.6 Å². The van der Waals surface area contributed by atoms with Gasteiger partial charge in [0.15, 0.2) is 0 Å². The first-order chi connectivity index (χ1) is 9.77. The maximum Gasteiger partial charge on any atom is 0.115 e. The van der Waals surface area contributed by atoms with Gasteiger partial charge in [0.25, 0.3) is 0 Å². The molecule has 2 heterocycles. The van der Waals surface area contributed by atoms with Gasteiger partial charge in [0, 0.05) is 25.1 Å². The Morgan fingerprint density at radius 3 is 2.75 bits per heavy atom. The molecule has 1 N–H and O–H groups in total. The molecule has 7 heteroatoms. The second-order valence-corrected chi connectivity index (χ2v) is 4.66. The van der Waals surface area contributed by atoms with Crippen LogP contribution in [0.25, 0.3) is 0 Å². The monoisotopic (exact) mass is 295 g/mol. The maximum atomic E-state index is 6.30. The van der Waals surface area contributed by atoms with Crippen molar-refractivity contribution in [3.63, 3.8) is 0 Å². The molecule has 0 spiro atoms. The number of nitrogens with one attached hydrogen (secondary N) is 1. The summed E-state index contributed by atoms with van der Waals surface area (Å²) in [7, 11) is 1.66. The normalized spacial score (nSPS) is 12.6. The molecule has 108 valence electrons. The fraction of sp³-hybridized carbons (Fsp3) is 0.462. The molecule has 0 aromatic carbocycles. The molecule has 0 aliphatic carbocycles. The van der Waals surface area contributed by atoms with E-state index in [1.165, 1.54) is 6.33 Å². The standard InChI is InChI=1S/C13H18ClN5O/c1-3-17-12(10-6-15-9-16-7-10)13-11(14)8-18-19(13)4-5-20-2/h6-9,12,17H,3-5H2,1-2H3. The lowest BCUT2D eigenvalue weighted by Gasteiger charge is -2.19. The molecule has 2 aromatic heterocycles. The molecule has 0 aliphatic rings. The second kappa shape index (κ2) is 7.33. The van der Waals surface area contributed by atoms with Crippen molar-refractivity contribution in [3.05, 3.63) is 41.2 Å². The van der Waals surface area contributed by atoms with Crippen molar-refractivity contribution < 1.29 is 4.74 Å². The molecular formula is C13H18ClN5O. The molecule has 20 heavy (non-hydrogen) atoms. The fourth-order valence-corrected chi connectivity index (χ4v) is 2.30. The number of halogens is 1. The van der Waals surface area contributed by atoms with Crippen molar-refractivity contribution in [1.29, 1.82) is 0 Å². The van der Waals surface area contributed by atoms with E-state index in [0.29, 0.717) is 18.2 Å². The Balaban J connectivity index is 2.36. The van der Waals surface area contributed by atoms with Gasteiger partial charge in [-0.05, 0) is 6.54 Å². The Bertz CT molecular complexity index is 531. The van der Waals surface area contributed by atoms with Gasteiger partial charge in [-0.3, -0.25) is 4.68 Å². The van der Waals surface area contributed by atoms with Crippen LogP contribution in [0.4, 0.5) is 0 Å². The summed E-state index contributed by atoms with van der Waals surface area (Å²) in [6.07, 6.45) is 6.73. The highest BCUT2D eigenvalue weighted by Crippen LogP contribution is 2.27. The quantitative estimate of drug-likeness (QED) is 0.842. The first kappa shape index (κ1) is 14.9. The highest BCUT2D eigenvalue weighted by molar-refractivity contribution is 6.31. The summed E-state index contributed by atoms with van der Waals surface area (Å²) in [4.78, 5) is 8.14. The molecule has 1 unspecified atom stereocenters. The summed E-state index contributed by atoms with van der Waals surface area (Å²) in [5.74, 6) is 0. The van der Waals surface area contributed by atoms with Crippen LogP contribution in [0.5, 0.6) is 0 Å². The predicted octanol–water partition coefficient (Wildman–Crippen LogP) is 1.67. The summed E-state index contributed by atoms with van der Waals surface area (Å²) in [6.45, 7) is 4.06. The van der Waals surface area contributed by atoms with Crippen LogP contribution in [-0.2, 0) is 11.3 Å². The van der Waals surface area contributed by atoms with Crippen molar-refractivity contribution >= 4 is 11.6 Å². The van der Waals surface area contributed by atoms with Crippen molar-refractivity contribution in [2.75, 3.05) is 20.3 Å². The first-order valence-corrected chi connectivity index (χ1v) is 6.84. The van der Waals surface area contributed by atoms with Crippen LogP contribution in [0, 0.1) is 0 Å². The third-order valence-electron chi connectivity index (χ3n) is 2.94. The van der Waals surface area contributed by atoms with Gasteiger partial charge in [-0.15, -0.1) is 0 Å². The smallest absolute Gasteiger partial charge is 0.115 e. The van der Waals surface area contributed by atoms with E-state index in [2.05, 4.69) is 20.4 Å². The number of methoxy groups -OCH3 is 1. The highest BCUT2D eigenvalue weighted by Gasteiger charge is 2.21. The summed E-state index contributed by atoms with van der Waals surface area (Å²) >= 11 is 6.30. The summed E-state index contributed by atoms with van der Waals surface area (Å²) in [5.41, 5.74) is 1.86. The zero-order chi connectivity index (χ0) is 14.4. The van der Waals surface area contributed by atoms with Gasteiger partial charge >= 0.3 is 0 Å². The summed E-state index contributed by atoms with van der Waals surface area (Å²) < 4.78 is 6.96. The molecule has 2 rings (SSSR count). The minimum Gasteiger partial charge on any atom is -0.383 e. The molecule has 0 bridgehead atoms. The Hall–Kier alpha value is -1.50. The number of nitrogens with zero attached hydrogens (tertiary/aromatic N) is 4. The fourth-order valence-electron chi connectivity index (χ4n) is 2.05. The van der Waals surface area contributed by atoms with Crippen LogP contribution in [-0.4, -0.2) is 40.0 Å². The van der Waals surface area contributed by atoms with Crippen molar-refractivity contribution in [2.45, 2.75) is 19.5 Å². The van der Waals surface area contributed by atoms with Gasteiger partial charge in [0.2, 0.25) is 0 Å². The molecule has 0 amide bonds. The molecule has 6 nitrogen and oxygen atoms in total. The van der Waals surface area contributed by atoms with Crippen LogP contribution in [0.3, 0.4) is 0 Å². The van der Waals surface area contributed by atoms with E-state index in [-0.39, 0.29) is 6.04 Å². The average molecular weight is 296 g/mol. The van der Waals surface area contributed by atoms with Crippen LogP contribution >= 0.6 is 11.6 Å². The molecule has 2 aromatic rings. The van der Waals surface area contributed by atoms with E-state index < -0.39 is 0 Å². The van der Waals surface area contributed by atoms with Crippen molar-refractivity contribution in [3.8, 4) is 0 Å². The Kier molecular flexibility index (Phi) is 5.46. The van der Waals surface area contributed by atoms with E-state index in [0.717, 1.165) is 17.8 Å². The van der Waals surface area contributed by atoms with Crippen LogP contribution < -0.4 is 5.32 Å². The van der Waals surface area contributed by atoms with E-state index >= 15 is 0 Å². The van der Waals surface area contributed by atoms with E-state index in [4.69, 9.17) is 16.3 Å². The zero-order valence-corrected chi connectivity index (χ0v) is 12.3. The number of hydrogen-bond acceptors (Lipinski definition) is 5. The first-order valence-electron chi connectivity index (χ1n) is 6.46. The van der Waals surface area contributed by atoms with Gasteiger partial charge in [-0.25, -0.2) is 9.97 Å². The number of aromatic nitrogens is 4. The van der Waals surface area contributed by atoms with E-state index in [1.54, 1.807) is 25.7 Å². The van der Waals surface area contributed by atoms with E-state index in [9.17, 15) is 0 Å². The second-order valence-electron chi connectivity index (χ2n) is 4.26. The zero-order valence-electron chi connectivity index (χ0n) is 11.6. The molecule has 1 atom stereocenters. The van der Waals surface area contributed by atoms with Crippen molar-refractivity contribution in [2.24, 2.45) is 0 Å². The highest BCUT2D eigenvalue weighted by atomic mass is 35.5. The lowest BCUT2D eigenvalue weighted by Crippen LogP contribution is -2.26. The minimum atomic E-state index is -0.0898. The molecule has 0 radical (unpaired) electrons. The van der Waals surface area contributed by atoms with Gasteiger partial charge in [0.1, 0.15) is 6.33 Å². The summed E-state index contributed by atoms with van der Waals surface area (Å²) in [6, 6.07) is -0.0898. The SMILES string of the molecule is CCNC(c1cncnc1)c1c(Cl)cnn1CCOC. The van der Waals surface area contributed by atoms with Crippen LogP contribution in [0.2, 0.25) is 5.02 Å².